The van der Waals surface area contributed by atoms with Gasteiger partial charge in [0.1, 0.15) is 12.3 Å². The van der Waals surface area contributed by atoms with E-state index in [9.17, 15) is 13.2 Å². The lowest BCUT2D eigenvalue weighted by atomic mass is 10.1. The molecule has 2 aromatic carbocycles. The molecule has 2 aromatic rings. The molecular formula is C20H26N2O4S. The molecule has 0 saturated heterocycles. The maximum absolute atomic E-state index is 12.5. The number of ether oxygens (including phenoxy) is 1. The van der Waals surface area contributed by atoms with Crippen molar-refractivity contribution in [1.29, 1.82) is 0 Å². The SMILES string of the molecule is COc1ccc([C@H](C)NC(=O)CN(c2cccc(C)c2C)S(C)(=O)=O)cc1. The fraction of sp³-hybridized carbons (Fsp3) is 0.350. The molecule has 0 bridgehead atoms. The van der Waals surface area contributed by atoms with Crippen LogP contribution in [0.25, 0.3) is 0 Å². The summed E-state index contributed by atoms with van der Waals surface area (Å²) < 4.78 is 30.9. The van der Waals surface area contributed by atoms with Crippen molar-refractivity contribution in [3.8, 4) is 5.75 Å². The highest BCUT2D eigenvalue weighted by molar-refractivity contribution is 7.92. The van der Waals surface area contributed by atoms with E-state index in [-0.39, 0.29) is 18.5 Å². The molecule has 0 aromatic heterocycles. The largest absolute Gasteiger partial charge is 0.497 e. The fourth-order valence-corrected chi connectivity index (χ4v) is 3.69. The summed E-state index contributed by atoms with van der Waals surface area (Å²) in [4.78, 5) is 12.5. The molecule has 0 spiro atoms. The molecular weight excluding hydrogens is 364 g/mol. The van der Waals surface area contributed by atoms with E-state index in [4.69, 9.17) is 4.74 Å². The summed E-state index contributed by atoms with van der Waals surface area (Å²) in [5.41, 5.74) is 3.22. The van der Waals surface area contributed by atoms with E-state index >= 15 is 0 Å². The second kappa shape index (κ2) is 8.43. The van der Waals surface area contributed by atoms with Gasteiger partial charge in [-0.2, -0.15) is 0 Å². The van der Waals surface area contributed by atoms with Crippen LogP contribution in [0, 0.1) is 13.8 Å². The number of anilines is 1. The molecule has 146 valence electrons. The van der Waals surface area contributed by atoms with Gasteiger partial charge in [0, 0.05) is 0 Å². The van der Waals surface area contributed by atoms with Gasteiger partial charge >= 0.3 is 0 Å². The average Bonchev–Trinajstić information content (AvgIpc) is 2.61. The zero-order chi connectivity index (χ0) is 20.2. The van der Waals surface area contributed by atoms with Crippen LogP contribution in [0.5, 0.6) is 5.75 Å². The van der Waals surface area contributed by atoms with Crippen molar-refractivity contribution >= 4 is 21.6 Å². The quantitative estimate of drug-likeness (QED) is 0.789. The number of hydrogen-bond donors (Lipinski definition) is 1. The molecule has 0 aliphatic heterocycles. The van der Waals surface area contributed by atoms with Gasteiger partial charge in [-0.3, -0.25) is 9.10 Å². The molecule has 1 atom stereocenters. The zero-order valence-electron chi connectivity index (χ0n) is 16.3. The number of hydrogen-bond acceptors (Lipinski definition) is 4. The Bertz CT molecular complexity index is 908. The Morgan fingerprint density at radius 3 is 2.33 bits per heavy atom. The highest BCUT2D eigenvalue weighted by Crippen LogP contribution is 2.25. The normalized spacial score (nSPS) is 12.3. The van der Waals surface area contributed by atoms with Crippen LogP contribution in [0.2, 0.25) is 0 Å². The number of carbonyl (C=O) groups excluding carboxylic acids is 1. The maximum atomic E-state index is 12.5. The number of nitrogens with one attached hydrogen (secondary N) is 1. The summed E-state index contributed by atoms with van der Waals surface area (Å²) in [6.45, 7) is 5.33. The first-order valence-corrected chi connectivity index (χ1v) is 10.5. The first kappa shape index (κ1) is 20.8. The van der Waals surface area contributed by atoms with Gasteiger partial charge in [0.2, 0.25) is 15.9 Å². The lowest BCUT2D eigenvalue weighted by Gasteiger charge is -2.25. The Balaban J connectivity index is 2.17. The average molecular weight is 391 g/mol. The van der Waals surface area contributed by atoms with Gasteiger partial charge < -0.3 is 10.1 Å². The standard InChI is InChI=1S/C20H26N2O4S/c1-14-7-6-8-19(15(14)2)22(27(5,24)25)13-20(23)21-16(3)17-9-11-18(26-4)12-10-17/h6-12,16H,13H2,1-5H3,(H,21,23)/t16-/m0/s1. The second-order valence-corrected chi connectivity index (χ2v) is 8.46. The molecule has 1 amide bonds. The van der Waals surface area contributed by atoms with Crippen LogP contribution in [-0.4, -0.2) is 34.2 Å². The highest BCUT2D eigenvalue weighted by Gasteiger charge is 2.23. The summed E-state index contributed by atoms with van der Waals surface area (Å²) in [5.74, 6) is 0.361. The second-order valence-electron chi connectivity index (χ2n) is 6.55. The zero-order valence-corrected chi connectivity index (χ0v) is 17.1. The molecule has 0 aliphatic rings. The summed E-state index contributed by atoms with van der Waals surface area (Å²) in [6.07, 6.45) is 1.11. The van der Waals surface area contributed by atoms with E-state index in [1.165, 1.54) is 0 Å². The van der Waals surface area contributed by atoms with E-state index in [1.807, 2.05) is 51.1 Å². The van der Waals surface area contributed by atoms with E-state index < -0.39 is 10.0 Å². The first-order chi connectivity index (χ1) is 12.6. The summed E-state index contributed by atoms with van der Waals surface area (Å²) in [6, 6.07) is 12.5. The Kier molecular flexibility index (Phi) is 6.49. The summed E-state index contributed by atoms with van der Waals surface area (Å²) >= 11 is 0. The Labute approximate surface area is 161 Å². The van der Waals surface area contributed by atoms with Crippen LogP contribution in [0.1, 0.15) is 29.7 Å². The van der Waals surface area contributed by atoms with Crippen LogP contribution in [0.3, 0.4) is 0 Å². The van der Waals surface area contributed by atoms with E-state index in [0.29, 0.717) is 5.69 Å². The van der Waals surface area contributed by atoms with Crippen molar-refractivity contribution in [2.45, 2.75) is 26.8 Å². The molecule has 2 rings (SSSR count). The van der Waals surface area contributed by atoms with Crippen LogP contribution in [0.4, 0.5) is 5.69 Å². The number of methoxy groups -OCH3 is 1. The van der Waals surface area contributed by atoms with Gasteiger partial charge in [0.05, 0.1) is 25.1 Å². The number of sulfonamides is 1. The molecule has 0 heterocycles. The monoisotopic (exact) mass is 390 g/mol. The first-order valence-electron chi connectivity index (χ1n) is 8.60. The van der Waals surface area contributed by atoms with Gasteiger partial charge in [0.15, 0.2) is 0 Å². The molecule has 1 N–H and O–H groups in total. The van der Waals surface area contributed by atoms with Crippen molar-refractivity contribution in [1.82, 2.24) is 5.32 Å². The Morgan fingerprint density at radius 2 is 1.78 bits per heavy atom. The van der Waals surface area contributed by atoms with E-state index in [1.54, 1.807) is 19.2 Å². The van der Waals surface area contributed by atoms with Gasteiger partial charge in [-0.1, -0.05) is 24.3 Å². The fourth-order valence-electron chi connectivity index (χ4n) is 2.78. The van der Waals surface area contributed by atoms with Crippen LogP contribution < -0.4 is 14.4 Å². The molecule has 0 fully saturated rings. The minimum absolute atomic E-state index is 0.261. The lowest BCUT2D eigenvalue weighted by Crippen LogP contribution is -2.41. The third kappa shape index (κ3) is 5.23. The van der Waals surface area contributed by atoms with Crippen LogP contribution in [0.15, 0.2) is 42.5 Å². The minimum atomic E-state index is -3.61. The molecule has 0 unspecified atom stereocenters. The van der Waals surface area contributed by atoms with Gasteiger partial charge in [-0.25, -0.2) is 8.42 Å². The van der Waals surface area contributed by atoms with Gasteiger partial charge in [-0.05, 0) is 55.7 Å². The third-order valence-electron chi connectivity index (χ3n) is 4.53. The molecule has 0 aliphatic carbocycles. The minimum Gasteiger partial charge on any atom is -0.497 e. The number of benzene rings is 2. The lowest BCUT2D eigenvalue weighted by molar-refractivity contribution is -0.120. The van der Waals surface area contributed by atoms with Crippen molar-refractivity contribution in [2.24, 2.45) is 0 Å². The summed E-state index contributed by atoms with van der Waals surface area (Å²) in [7, 11) is -2.02. The predicted molar refractivity (Wildman–Crippen MR) is 108 cm³/mol. The third-order valence-corrected chi connectivity index (χ3v) is 5.65. The van der Waals surface area contributed by atoms with E-state index in [0.717, 1.165) is 33.0 Å². The topological polar surface area (TPSA) is 75.7 Å². The smallest absolute Gasteiger partial charge is 0.241 e. The van der Waals surface area contributed by atoms with Crippen molar-refractivity contribution < 1.29 is 17.9 Å². The number of aryl methyl sites for hydroxylation is 1. The number of nitrogens with zero attached hydrogens (tertiary/aromatic N) is 1. The highest BCUT2D eigenvalue weighted by atomic mass is 32.2. The van der Waals surface area contributed by atoms with Crippen molar-refractivity contribution in [2.75, 3.05) is 24.2 Å². The molecule has 0 radical (unpaired) electrons. The maximum Gasteiger partial charge on any atom is 0.241 e. The van der Waals surface area contributed by atoms with Crippen molar-refractivity contribution in [3.05, 3.63) is 59.2 Å². The number of carbonyl (C=O) groups is 1. The van der Waals surface area contributed by atoms with Crippen molar-refractivity contribution in [3.63, 3.8) is 0 Å². The Hall–Kier alpha value is -2.54. The summed E-state index contributed by atoms with van der Waals surface area (Å²) in [5, 5.41) is 2.85. The van der Waals surface area contributed by atoms with Crippen LogP contribution >= 0.6 is 0 Å². The number of amides is 1. The molecule has 27 heavy (non-hydrogen) atoms. The predicted octanol–water partition coefficient (Wildman–Crippen LogP) is 2.96. The number of rotatable bonds is 7. The van der Waals surface area contributed by atoms with Crippen LogP contribution in [-0.2, 0) is 14.8 Å². The van der Waals surface area contributed by atoms with Gasteiger partial charge in [-0.15, -0.1) is 0 Å². The van der Waals surface area contributed by atoms with E-state index in [2.05, 4.69) is 5.32 Å². The molecule has 0 saturated carbocycles. The molecule has 6 nitrogen and oxygen atoms in total. The Morgan fingerprint density at radius 1 is 1.15 bits per heavy atom. The molecule has 7 heteroatoms. The van der Waals surface area contributed by atoms with Gasteiger partial charge in [0.25, 0.3) is 0 Å².